The summed E-state index contributed by atoms with van der Waals surface area (Å²) < 4.78 is 9.98. The van der Waals surface area contributed by atoms with Crippen LogP contribution in [0, 0.1) is 0 Å². The van der Waals surface area contributed by atoms with Crippen LogP contribution in [0.5, 0.6) is 0 Å². The van der Waals surface area contributed by atoms with E-state index in [1.165, 1.54) is 11.3 Å². The molecule has 0 bridgehead atoms. The molecule has 0 aliphatic heterocycles. The van der Waals surface area contributed by atoms with E-state index in [1.54, 1.807) is 31.5 Å². The first-order chi connectivity index (χ1) is 8.69. The number of esters is 1. The van der Waals surface area contributed by atoms with Crippen molar-refractivity contribution in [2.45, 2.75) is 19.4 Å². The lowest BCUT2D eigenvalue weighted by molar-refractivity contribution is -0.130. The maximum absolute atomic E-state index is 11.7. The number of amides is 1. The van der Waals surface area contributed by atoms with Gasteiger partial charge < -0.3 is 14.8 Å². The van der Waals surface area contributed by atoms with Gasteiger partial charge in [-0.05, 0) is 17.9 Å². The smallest absolute Gasteiger partial charge is 0.349 e. The highest BCUT2D eigenvalue weighted by Crippen LogP contribution is 2.12. The zero-order chi connectivity index (χ0) is 13.4. The van der Waals surface area contributed by atoms with Crippen LogP contribution in [0.25, 0.3) is 0 Å². The molecule has 18 heavy (non-hydrogen) atoms. The van der Waals surface area contributed by atoms with Crippen LogP contribution in [0.3, 0.4) is 0 Å². The van der Waals surface area contributed by atoms with Gasteiger partial charge in [0, 0.05) is 13.7 Å². The van der Waals surface area contributed by atoms with Gasteiger partial charge in [0.1, 0.15) is 4.88 Å². The molecular formula is C12H17NO4S. The molecule has 1 N–H and O–H groups in total. The van der Waals surface area contributed by atoms with Crippen molar-refractivity contribution >= 4 is 23.2 Å². The quantitative estimate of drug-likeness (QED) is 0.602. The maximum Gasteiger partial charge on any atom is 0.349 e. The molecule has 1 aromatic rings. The molecule has 0 aliphatic carbocycles. The van der Waals surface area contributed by atoms with Crippen LogP contribution in [-0.2, 0) is 14.3 Å². The van der Waals surface area contributed by atoms with Crippen molar-refractivity contribution in [3.05, 3.63) is 22.4 Å². The number of rotatable bonds is 7. The van der Waals surface area contributed by atoms with E-state index in [0.29, 0.717) is 24.4 Å². The Morgan fingerprint density at radius 1 is 1.50 bits per heavy atom. The van der Waals surface area contributed by atoms with E-state index in [9.17, 15) is 9.59 Å². The van der Waals surface area contributed by atoms with Crippen molar-refractivity contribution in [2.75, 3.05) is 20.3 Å². The Hall–Kier alpha value is -1.40. The third-order valence-electron chi connectivity index (χ3n) is 2.24. The summed E-state index contributed by atoms with van der Waals surface area (Å²) >= 11 is 1.29. The van der Waals surface area contributed by atoms with Gasteiger partial charge in [0.2, 0.25) is 0 Å². The summed E-state index contributed by atoms with van der Waals surface area (Å²) in [5, 5.41) is 4.44. The summed E-state index contributed by atoms with van der Waals surface area (Å²) in [6.45, 7) is 2.63. The molecule has 0 aliphatic rings. The van der Waals surface area contributed by atoms with E-state index in [0.717, 1.165) is 0 Å². The van der Waals surface area contributed by atoms with Crippen LogP contribution in [0.1, 0.15) is 23.0 Å². The highest BCUT2D eigenvalue weighted by atomic mass is 32.1. The van der Waals surface area contributed by atoms with Crippen LogP contribution >= 0.6 is 11.3 Å². The Morgan fingerprint density at radius 2 is 2.28 bits per heavy atom. The monoisotopic (exact) mass is 271 g/mol. The third kappa shape index (κ3) is 4.46. The van der Waals surface area contributed by atoms with Gasteiger partial charge in [-0.1, -0.05) is 13.0 Å². The van der Waals surface area contributed by atoms with Crippen molar-refractivity contribution in [3.63, 3.8) is 0 Å². The average molecular weight is 271 g/mol. The second kappa shape index (κ2) is 7.84. The average Bonchev–Trinajstić information content (AvgIpc) is 2.89. The van der Waals surface area contributed by atoms with Crippen molar-refractivity contribution in [1.82, 2.24) is 5.32 Å². The van der Waals surface area contributed by atoms with Gasteiger partial charge in [-0.25, -0.2) is 4.79 Å². The largest absolute Gasteiger partial charge is 0.448 e. The molecular weight excluding hydrogens is 254 g/mol. The summed E-state index contributed by atoms with van der Waals surface area (Å²) in [6, 6.07) is 3.43. The van der Waals surface area contributed by atoms with Crippen molar-refractivity contribution < 1.29 is 19.1 Å². The van der Waals surface area contributed by atoms with Crippen LogP contribution < -0.4 is 5.32 Å². The van der Waals surface area contributed by atoms with Gasteiger partial charge in [0.15, 0.2) is 6.10 Å². The molecule has 1 aromatic heterocycles. The molecule has 5 nitrogen and oxygen atoms in total. The lowest BCUT2D eigenvalue weighted by Crippen LogP contribution is -2.38. The first-order valence-corrected chi connectivity index (χ1v) is 6.58. The number of carbonyl (C=O) groups is 2. The standard InChI is InChI=1S/C12H17NO4S/c1-3-9(11(14)13-6-7-16-2)17-12(15)10-5-4-8-18-10/h4-5,8-9H,3,6-7H2,1-2H3,(H,13,14)/t9-/m1/s1. The molecule has 1 heterocycles. The lowest BCUT2D eigenvalue weighted by Gasteiger charge is -2.15. The number of methoxy groups -OCH3 is 1. The van der Waals surface area contributed by atoms with Gasteiger partial charge in [-0.2, -0.15) is 0 Å². The molecule has 1 atom stereocenters. The van der Waals surface area contributed by atoms with E-state index >= 15 is 0 Å². The van der Waals surface area contributed by atoms with E-state index in [4.69, 9.17) is 9.47 Å². The van der Waals surface area contributed by atoms with Crippen LogP contribution in [0.2, 0.25) is 0 Å². The molecule has 100 valence electrons. The fraction of sp³-hybridized carbons (Fsp3) is 0.500. The molecule has 1 amide bonds. The van der Waals surface area contributed by atoms with Crippen molar-refractivity contribution in [1.29, 1.82) is 0 Å². The summed E-state index contributed by atoms with van der Waals surface area (Å²) in [5.41, 5.74) is 0. The van der Waals surface area contributed by atoms with E-state index in [-0.39, 0.29) is 5.91 Å². The molecule has 1 rings (SSSR count). The minimum Gasteiger partial charge on any atom is -0.448 e. The SMILES string of the molecule is CC[C@@H](OC(=O)c1cccs1)C(=O)NCCOC. The second-order valence-corrected chi connectivity index (χ2v) is 4.51. The summed E-state index contributed by atoms with van der Waals surface area (Å²) in [7, 11) is 1.56. The molecule has 0 unspecified atom stereocenters. The predicted octanol–water partition coefficient (Wildman–Crippen LogP) is 1.45. The van der Waals surface area contributed by atoms with E-state index in [2.05, 4.69) is 5.32 Å². The van der Waals surface area contributed by atoms with Crippen LogP contribution in [0.15, 0.2) is 17.5 Å². The molecule has 0 saturated heterocycles. The number of carbonyl (C=O) groups excluding carboxylic acids is 2. The minimum absolute atomic E-state index is 0.292. The Balaban J connectivity index is 2.46. The van der Waals surface area contributed by atoms with Gasteiger partial charge in [0.25, 0.3) is 5.91 Å². The van der Waals surface area contributed by atoms with Crippen LogP contribution in [-0.4, -0.2) is 38.2 Å². The minimum atomic E-state index is -0.753. The fourth-order valence-corrected chi connectivity index (χ4v) is 1.90. The van der Waals surface area contributed by atoms with Gasteiger partial charge in [-0.3, -0.25) is 4.79 Å². The topological polar surface area (TPSA) is 64.6 Å². The Kier molecular flexibility index (Phi) is 6.38. The summed E-state index contributed by atoms with van der Waals surface area (Å²) in [6.07, 6.45) is -0.313. The maximum atomic E-state index is 11.7. The molecule has 0 aromatic carbocycles. The number of ether oxygens (including phenoxy) is 2. The Labute approximate surface area is 110 Å². The molecule has 0 fully saturated rings. The Morgan fingerprint density at radius 3 is 2.83 bits per heavy atom. The van der Waals surface area contributed by atoms with Gasteiger partial charge in [-0.15, -0.1) is 11.3 Å². The van der Waals surface area contributed by atoms with Crippen LogP contribution in [0.4, 0.5) is 0 Å². The van der Waals surface area contributed by atoms with E-state index < -0.39 is 12.1 Å². The number of hydrogen-bond donors (Lipinski definition) is 1. The second-order valence-electron chi connectivity index (χ2n) is 3.56. The highest BCUT2D eigenvalue weighted by molar-refractivity contribution is 7.11. The molecule has 0 radical (unpaired) electrons. The first kappa shape index (κ1) is 14.7. The van der Waals surface area contributed by atoms with E-state index in [1.807, 2.05) is 0 Å². The third-order valence-corrected chi connectivity index (χ3v) is 3.09. The number of thiophene rings is 1. The fourth-order valence-electron chi connectivity index (χ4n) is 1.29. The molecule has 6 heteroatoms. The first-order valence-electron chi connectivity index (χ1n) is 5.70. The van der Waals surface area contributed by atoms with Gasteiger partial charge >= 0.3 is 5.97 Å². The Bertz CT molecular complexity index is 377. The zero-order valence-electron chi connectivity index (χ0n) is 10.5. The number of hydrogen-bond acceptors (Lipinski definition) is 5. The predicted molar refractivity (Wildman–Crippen MR) is 68.7 cm³/mol. The highest BCUT2D eigenvalue weighted by Gasteiger charge is 2.21. The normalized spacial score (nSPS) is 11.9. The lowest BCUT2D eigenvalue weighted by atomic mass is 10.2. The van der Waals surface area contributed by atoms with Crippen molar-refractivity contribution in [2.24, 2.45) is 0 Å². The zero-order valence-corrected chi connectivity index (χ0v) is 11.3. The summed E-state index contributed by atoms with van der Waals surface area (Å²) in [5.74, 6) is -0.752. The molecule has 0 spiro atoms. The number of nitrogens with one attached hydrogen (secondary N) is 1. The van der Waals surface area contributed by atoms with Gasteiger partial charge in [0.05, 0.1) is 6.61 Å². The molecule has 0 saturated carbocycles. The summed E-state index contributed by atoms with van der Waals surface area (Å²) in [4.78, 5) is 23.9. The van der Waals surface area contributed by atoms with Crippen molar-refractivity contribution in [3.8, 4) is 0 Å².